The first kappa shape index (κ1) is 20.3. The molecule has 0 radical (unpaired) electrons. The van der Waals surface area contributed by atoms with Crippen molar-refractivity contribution in [3.63, 3.8) is 0 Å². The normalized spacial score (nSPS) is 10.5. The summed E-state index contributed by atoms with van der Waals surface area (Å²) in [4.78, 5) is 23.0. The molecule has 0 aliphatic heterocycles. The van der Waals surface area contributed by atoms with Crippen LogP contribution in [0.15, 0.2) is 60.9 Å². The zero-order valence-electron chi connectivity index (χ0n) is 16.5. The Morgan fingerprint density at radius 3 is 2.86 bits per heavy atom. The Labute approximate surface area is 170 Å². The minimum Gasteiger partial charge on any atom is -0.491 e. The molecule has 0 aliphatic carbocycles. The van der Waals surface area contributed by atoms with Gasteiger partial charge in [-0.3, -0.25) is 9.48 Å². The smallest absolute Gasteiger partial charge is 0.251 e. The lowest BCUT2D eigenvalue weighted by Gasteiger charge is -2.14. The number of carbonyl (C=O) groups excluding carboxylic acids is 2. The van der Waals surface area contributed by atoms with E-state index in [4.69, 9.17) is 4.74 Å². The van der Waals surface area contributed by atoms with Crippen molar-refractivity contribution >= 4 is 12.2 Å². The molecule has 0 spiro atoms. The van der Waals surface area contributed by atoms with E-state index >= 15 is 0 Å². The molecule has 6 nitrogen and oxygen atoms in total. The van der Waals surface area contributed by atoms with E-state index in [-0.39, 0.29) is 5.91 Å². The first-order valence-electron chi connectivity index (χ1n) is 9.66. The van der Waals surface area contributed by atoms with Crippen molar-refractivity contribution in [1.82, 2.24) is 15.1 Å². The molecule has 1 heterocycles. The third-order valence-electron chi connectivity index (χ3n) is 4.49. The molecule has 0 fully saturated rings. The van der Waals surface area contributed by atoms with Crippen LogP contribution in [0.3, 0.4) is 0 Å². The van der Waals surface area contributed by atoms with Crippen molar-refractivity contribution < 1.29 is 14.3 Å². The topological polar surface area (TPSA) is 73.2 Å². The van der Waals surface area contributed by atoms with Gasteiger partial charge in [0.15, 0.2) is 0 Å². The molecule has 2 aromatic carbocycles. The van der Waals surface area contributed by atoms with Gasteiger partial charge in [0.1, 0.15) is 18.6 Å². The van der Waals surface area contributed by atoms with E-state index in [1.807, 2.05) is 60.3 Å². The number of benzene rings is 2. The molecular weight excluding hydrogens is 366 g/mol. The van der Waals surface area contributed by atoms with Crippen LogP contribution in [-0.2, 0) is 17.8 Å². The summed E-state index contributed by atoms with van der Waals surface area (Å²) in [6.45, 7) is 3.33. The van der Waals surface area contributed by atoms with Crippen molar-refractivity contribution in [2.75, 3.05) is 13.2 Å². The Morgan fingerprint density at radius 2 is 2.10 bits per heavy atom. The van der Waals surface area contributed by atoms with Crippen LogP contribution >= 0.6 is 0 Å². The highest BCUT2D eigenvalue weighted by atomic mass is 16.5. The van der Waals surface area contributed by atoms with Gasteiger partial charge in [-0.05, 0) is 48.7 Å². The summed E-state index contributed by atoms with van der Waals surface area (Å²) < 4.78 is 7.78. The number of ether oxygens (including phenoxy) is 1. The van der Waals surface area contributed by atoms with Crippen LogP contribution in [0.25, 0.3) is 0 Å². The van der Waals surface area contributed by atoms with Crippen LogP contribution in [0.1, 0.15) is 33.5 Å². The summed E-state index contributed by atoms with van der Waals surface area (Å²) in [5.41, 5.74) is 3.72. The van der Waals surface area contributed by atoms with E-state index in [0.29, 0.717) is 38.1 Å². The van der Waals surface area contributed by atoms with Gasteiger partial charge in [0.05, 0.1) is 13.1 Å². The lowest BCUT2D eigenvalue weighted by molar-refractivity contribution is -0.107. The van der Waals surface area contributed by atoms with Gasteiger partial charge in [-0.25, -0.2) is 0 Å². The Bertz CT molecular complexity index is 952. The number of hydrogen-bond donors (Lipinski definition) is 1. The average molecular weight is 391 g/mol. The Balaban J connectivity index is 1.59. The van der Waals surface area contributed by atoms with Crippen LogP contribution in [0.5, 0.6) is 5.75 Å². The third kappa shape index (κ3) is 6.04. The van der Waals surface area contributed by atoms with Crippen LogP contribution in [0.2, 0.25) is 0 Å². The minimum atomic E-state index is -0.120. The second-order valence-corrected chi connectivity index (χ2v) is 6.82. The highest BCUT2D eigenvalue weighted by molar-refractivity contribution is 5.94. The standard InChI is InChI=1S/C23H25N3O3/c1-18-5-2-6-21(15-18)23(28)24-11-14-29-22-16-19(17-26-12-4-10-25-26)8-9-20(22)7-3-13-27/h2,4-6,8-10,12-13,15-16H,3,7,11,14,17H2,1H3,(H,24,28). The largest absolute Gasteiger partial charge is 0.491 e. The number of carbonyl (C=O) groups is 2. The molecule has 3 aromatic rings. The SMILES string of the molecule is Cc1cccc(C(=O)NCCOc2cc(Cn3cccn3)ccc2CCC=O)c1. The molecule has 1 amide bonds. The molecule has 3 rings (SSSR count). The Hall–Kier alpha value is -3.41. The molecule has 0 saturated heterocycles. The number of aryl methyl sites for hydroxylation is 2. The summed E-state index contributed by atoms with van der Waals surface area (Å²) in [6.07, 6.45) is 5.62. The summed E-state index contributed by atoms with van der Waals surface area (Å²) in [6, 6.07) is 15.3. The van der Waals surface area contributed by atoms with Crippen molar-refractivity contribution in [2.24, 2.45) is 0 Å². The van der Waals surface area contributed by atoms with Gasteiger partial charge >= 0.3 is 0 Å². The highest BCUT2D eigenvalue weighted by Gasteiger charge is 2.08. The molecule has 1 N–H and O–H groups in total. The number of rotatable bonds is 10. The molecule has 6 heteroatoms. The van der Waals surface area contributed by atoms with Crippen molar-refractivity contribution in [3.05, 3.63) is 83.2 Å². The van der Waals surface area contributed by atoms with Gasteiger partial charge in [-0.1, -0.05) is 29.8 Å². The molecular formula is C23H25N3O3. The maximum atomic E-state index is 12.2. The number of nitrogens with zero attached hydrogens (tertiary/aromatic N) is 2. The summed E-state index contributed by atoms with van der Waals surface area (Å²) in [7, 11) is 0. The zero-order valence-corrected chi connectivity index (χ0v) is 16.5. The second kappa shape index (κ2) is 10.2. The van der Waals surface area contributed by atoms with Gasteiger partial charge in [0, 0.05) is 24.4 Å². The van der Waals surface area contributed by atoms with Gasteiger partial charge in [-0.15, -0.1) is 0 Å². The zero-order chi connectivity index (χ0) is 20.5. The van der Waals surface area contributed by atoms with Crippen LogP contribution < -0.4 is 10.1 Å². The maximum Gasteiger partial charge on any atom is 0.251 e. The van der Waals surface area contributed by atoms with Gasteiger partial charge in [-0.2, -0.15) is 5.10 Å². The molecule has 0 saturated carbocycles. The number of amides is 1. The van der Waals surface area contributed by atoms with E-state index in [2.05, 4.69) is 10.4 Å². The quantitative estimate of drug-likeness (QED) is 0.426. The number of nitrogens with one attached hydrogen (secondary N) is 1. The molecule has 0 unspecified atom stereocenters. The molecule has 150 valence electrons. The summed E-state index contributed by atoms with van der Waals surface area (Å²) in [5, 5.41) is 7.10. The Morgan fingerprint density at radius 1 is 1.21 bits per heavy atom. The molecule has 1 aromatic heterocycles. The fourth-order valence-electron chi connectivity index (χ4n) is 3.05. The first-order chi connectivity index (χ1) is 14.2. The monoisotopic (exact) mass is 391 g/mol. The van der Waals surface area contributed by atoms with Crippen molar-refractivity contribution in [2.45, 2.75) is 26.3 Å². The fourth-order valence-corrected chi connectivity index (χ4v) is 3.05. The Kier molecular flexibility index (Phi) is 7.16. The van der Waals surface area contributed by atoms with Crippen molar-refractivity contribution in [1.29, 1.82) is 0 Å². The van der Waals surface area contributed by atoms with Gasteiger partial charge in [0.2, 0.25) is 0 Å². The van der Waals surface area contributed by atoms with Crippen molar-refractivity contribution in [3.8, 4) is 5.75 Å². The molecule has 0 atom stereocenters. The van der Waals surface area contributed by atoms with E-state index < -0.39 is 0 Å². The van der Waals surface area contributed by atoms with Crippen LogP contribution in [0.4, 0.5) is 0 Å². The van der Waals surface area contributed by atoms with E-state index in [1.165, 1.54) is 0 Å². The third-order valence-corrected chi connectivity index (χ3v) is 4.49. The lowest BCUT2D eigenvalue weighted by atomic mass is 10.1. The molecule has 29 heavy (non-hydrogen) atoms. The highest BCUT2D eigenvalue weighted by Crippen LogP contribution is 2.22. The molecule has 0 aliphatic rings. The van der Waals surface area contributed by atoms with Gasteiger partial charge < -0.3 is 14.8 Å². The first-order valence-corrected chi connectivity index (χ1v) is 9.66. The predicted octanol–water partition coefficient (Wildman–Crippen LogP) is 3.18. The predicted molar refractivity (Wildman–Crippen MR) is 111 cm³/mol. The number of hydrogen-bond acceptors (Lipinski definition) is 4. The maximum absolute atomic E-state index is 12.2. The van der Waals surface area contributed by atoms with E-state index in [0.717, 1.165) is 28.7 Å². The van der Waals surface area contributed by atoms with Crippen LogP contribution in [0, 0.1) is 6.92 Å². The van der Waals surface area contributed by atoms with E-state index in [1.54, 1.807) is 12.3 Å². The summed E-state index contributed by atoms with van der Waals surface area (Å²) >= 11 is 0. The lowest BCUT2D eigenvalue weighted by Crippen LogP contribution is -2.28. The fraction of sp³-hybridized carbons (Fsp3) is 0.261. The summed E-state index contributed by atoms with van der Waals surface area (Å²) in [5.74, 6) is 0.618. The molecule has 0 bridgehead atoms. The van der Waals surface area contributed by atoms with Gasteiger partial charge in [0.25, 0.3) is 5.91 Å². The van der Waals surface area contributed by atoms with Crippen LogP contribution in [-0.4, -0.2) is 35.1 Å². The number of aldehydes is 1. The minimum absolute atomic E-state index is 0.120. The second-order valence-electron chi connectivity index (χ2n) is 6.82. The average Bonchev–Trinajstić information content (AvgIpc) is 3.23. The van der Waals surface area contributed by atoms with E-state index in [9.17, 15) is 9.59 Å². The number of aromatic nitrogens is 2.